The summed E-state index contributed by atoms with van der Waals surface area (Å²) in [5.41, 5.74) is 1.30. The van der Waals surface area contributed by atoms with Crippen LogP contribution in [0, 0.1) is 0 Å². The number of likely N-dealkylation sites (N-methyl/N-ethyl adjacent to an activating group) is 1. The van der Waals surface area contributed by atoms with Crippen LogP contribution in [0.2, 0.25) is 0 Å². The van der Waals surface area contributed by atoms with Crippen molar-refractivity contribution in [1.82, 2.24) is 9.37 Å². The van der Waals surface area contributed by atoms with E-state index in [0.717, 1.165) is 30.6 Å². The average molecular weight is 604 g/mol. The zero-order chi connectivity index (χ0) is 28.9. The Kier molecular flexibility index (Phi) is 9.60. The van der Waals surface area contributed by atoms with E-state index in [2.05, 4.69) is 24.1 Å². The minimum atomic E-state index is -4.28. The molecule has 1 aromatic heterocycles. The Bertz CT molecular complexity index is 1750. The molecule has 0 spiro atoms. The van der Waals surface area contributed by atoms with Gasteiger partial charge in [-0.25, -0.2) is 8.42 Å². The number of hydrogen-bond acceptors (Lipinski definition) is 9. The zero-order valence-electron chi connectivity index (χ0n) is 22.7. The van der Waals surface area contributed by atoms with Gasteiger partial charge >= 0.3 is 0 Å². The van der Waals surface area contributed by atoms with Crippen LogP contribution >= 0.6 is 11.3 Å². The summed E-state index contributed by atoms with van der Waals surface area (Å²) >= 11 is 1.45. The minimum Gasteiger partial charge on any atom is -0.383 e. The van der Waals surface area contributed by atoms with Gasteiger partial charge in [0.05, 0.1) is 16.5 Å². The van der Waals surface area contributed by atoms with Crippen LogP contribution in [0.1, 0.15) is 19.4 Å². The highest BCUT2D eigenvalue weighted by Crippen LogP contribution is 2.32. The average Bonchev–Trinajstić information content (AvgIpc) is 2.94. The van der Waals surface area contributed by atoms with E-state index in [0.29, 0.717) is 37.7 Å². The first-order valence-corrected chi connectivity index (χ1v) is 17.0. The third-order valence-electron chi connectivity index (χ3n) is 6.54. The van der Waals surface area contributed by atoms with Crippen LogP contribution in [-0.2, 0) is 30.8 Å². The van der Waals surface area contributed by atoms with Crippen molar-refractivity contribution < 1.29 is 21.1 Å². The molecule has 0 amide bonds. The van der Waals surface area contributed by atoms with Gasteiger partial charge in [0.2, 0.25) is 0 Å². The largest absolute Gasteiger partial charge is 0.383 e. The predicted octanol–water partition coefficient (Wildman–Crippen LogP) is 4.29. The molecule has 4 rings (SSSR count). The molecule has 0 bridgehead atoms. The van der Waals surface area contributed by atoms with Crippen molar-refractivity contribution in [3.63, 3.8) is 0 Å². The molecule has 0 aliphatic rings. The number of hydroxylamine groups is 1. The summed E-state index contributed by atoms with van der Waals surface area (Å²) in [6.45, 7) is 7.25. The van der Waals surface area contributed by atoms with E-state index in [1.165, 1.54) is 23.5 Å². The van der Waals surface area contributed by atoms with E-state index in [-0.39, 0.29) is 23.3 Å². The van der Waals surface area contributed by atoms with Crippen LogP contribution in [-0.4, -0.2) is 65.2 Å². The van der Waals surface area contributed by atoms with Crippen LogP contribution in [0.25, 0.3) is 20.2 Å². The highest BCUT2D eigenvalue weighted by atomic mass is 32.2. The number of nitrogens with zero attached hydrogens (tertiary/aromatic N) is 2. The lowest BCUT2D eigenvalue weighted by molar-refractivity contribution is 0.0469. The molecule has 0 saturated heterocycles. The van der Waals surface area contributed by atoms with Crippen LogP contribution in [0.3, 0.4) is 0 Å². The van der Waals surface area contributed by atoms with E-state index in [4.69, 9.17) is 4.28 Å². The van der Waals surface area contributed by atoms with Crippen molar-refractivity contribution in [2.24, 2.45) is 0 Å². The topological polar surface area (TPSA) is 113 Å². The first-order chi connectivity index (χ1) is 19.0. The second-order valence-electron chi connectivity index (χ2n) is 9.23. The summed E-state index contributed by atoms with van der Waals surface area (Å²) in [7, 11) is -8.42. The molecule has 12 heteroatoms. The molecule has 0 unspecified atom stereocenters. The predicted molar refractivity (Wildman–Crippen MR) is 162 cm³/mol. The van der Waals surface area contributed by atoms with Gasteiger partial charge < -0.3 is 10.2 Å². The highest BCUT2D eigenvalue weighted by molar-refractivity contribution is 7.90. The first-order valence-electron chi connectivity index (χ1n) is 13.0. The minimum absolute atomic E-state index is 0.0908. The Morgan fingerprint density at radius 1 is 0.875 bits per heavy atom. The second kappa shape index (κ2) is 12.8. The van der Waals surface area contributed by atoms with E-state index >= 15 is 0 Å². The summed E-state index contributed by atoms with van der Waals surface area (Å²) in [6, 6.07) is 18.6. The summed E-state index contributed by atoms with van der Waals surface area (Å²) in [6.07, 6.45) is 0.915. The van der Waals surface area contributed by atoms with Gasteiger partial charge in [0.15, 0.2) is 5.43 Å². The molecule has 0 aliphatic heterocycles. The van der Waals surface area contributed by atoms with Crippen molar-refractivity contribution in [3.05, 3.63) is 82.5 Å². The summed E-state index contributed by atoms with van der Waals surface area (Å²) in [5, 5.41) is 4.55. The fourth-order valence-electron chi connectivity index (χ4n) is 4.46. The molecule has 9 nitrogen and oxygen atoms in total. The van der Waals surface area contributed by atoms with Gasteiger partial charge in [-0.2, -0.15) is 12.7 Å². The van der Waals surface area contributed by atoms with Gasteiger partial charge in [0, 0.05) is 40.1 Å². The van der Waals surface area contributed by atoms with E-state index < -0.39 is 20.1 Å². The SMILES string of the molecule is CCN(CC)CCNc1ccc(CCN(OS(C)(=O)=O)S(=O)(=O)c2ccccc2)c2sc3ccccc3c(=O)c12. The maximum absolute atomic E-state index is 13.7. The van der Waals surface area contributed by atoms with Crippen molar-refractivity contribution in [3.8, 4) is 0 Å². The fraction of sp³-hybridized carbons (Fsp3) is 0.321. The molecule has 214 valence electrons. The number of fused-ring (bicyclic) bond motifs is 2. The molecule has 1 N–H and O–H groups in total. The van der Waals surface area contributed by atoms with Crippen LogP contribution in [0.5, 0.6) is 0 Å². The smallest absolute Gasteiger partial charge is 0.281 e. The van der Waals surface area contributed by atoms with Gasteiger partial charge in [0.1, 0.15) is 0 Å². The maximum atomic E-state index is 13.7. The van der Waals surface area contributed by atoms with Gasteiger partial charge in [-0.05, 0) is 55.4 Å². The maximum Gasteiger partial charge on any atom is 0.281 e. The number of hydrogen-bond donors (Lipinski definition) is 1. The molecule has 0 radical (unpaired) electrons. The standard InChI is InChI=1S/C28H33N3O6S3/c1-4-30(5-2)20-18-29-24-16-15-21(28-26(24)27(32)23-13-9-10-14-25(23)38-28)17-19-31(37-39(3,33)34)40(35,36)22-11-7-6-8-12-22/h6-16,29H,4-5,17-20H2,1-3H3. The summed E-state index contributed by atoms with van der Waals surface area (Å²) in [4.78, 5) is 15.9. The zero-order valence-corrected chi connectivity index (χ0v) is 25.1. The van der Waals surface area contributed by atoms with Gasteiger partial charge in [-0.1, -0.05) is 54.7 Å². The molecule has 0 atom stereocenters. The molecular weight excluding hydrogens is 571 g/mol. The van der Waals surface area contributed by atoms with E-state index in [9.17, 15) is 21.6 Å². The third-order valence-corrected chi connectivity index (χ3v) is 9.99. The van der Waals surface area contributed by atoms with Crippen molar-refractivity contribution in [1.29, 1.82) is 0 Å². The monoisotopic (exact) mass is 603 g/mol. The lowest BCUT2D eigenvalue weighted by Crippen LogP contribution is -2.35. The van der Waals surface area contributed by atoms with Crippen molar-refractivity contribution in [2.45, 2.75) is 25.2 Å². The summed E-state index contributed by atoms with van der Waals surface area (Å²) < 4.78 is 57.5. The number of sulfonamides is 1. The van der Waals surface area contributed by atoms with Crippen LogP contribution < -0.4 is 10.7 Å². The first kappa shape index (κ1) is 30.1. The molecule has 1 heterocycles. The molecule has 4 aromatic rings. The van der Waals surface area contributed by atoms with Gasteiger partial charge in [-0.3, -0.25) is 4.79 Å². The highest BCUT2D eigenvalue weighted by Gasteiger charge is 2.29. The fourth-order valence-corrected chi connectivity index (χ4v) is 7.80. The molecular formula is C28H33N3O6S3. The molecule has 0 fully saturated rings. The Labute approximate surface area is 239 Å². The number of benzene rings is 3. The molecule has 0 aliphatic carbocycles. The third kappa shape index (κ3) is 6.88. The Hall–Kier alpha value is -2.87. The molecule has 40 heavy (non-hydrogen) atoms. The van der Waals surface area contributed by atoms with E-state index in [1.807, 2.05) is 30.3 Å². The van der Waals surface area contributed by atoms with Crippen molar-refractivity contribution in [2.75, 3.05) is 44.3 Å². The number of nitrogens with one attached hydrogen (secondary N) is 1. The Balaban J connectivity index is 1.74. The van der Waals surface area contributed by atoms with Crippen LogP contribution in [0.15, 0.2) is 76.4 Å². The number of anilines is 1. The van der Waals surface area contributed by atoms with E-state index in [1.54, 1.807) is 24.3 Å². The Morgan fingerprint density at radius 3 is 2.23 bits per heavy atom. The normalized spacial score (nSPS) is 12.5. The molecule has 3 aromatic carbocycles. The quantitative estimate of drug-likeness (QED) is 0.178. The lowest BCUT2D eigenvalue weighted by atomic mass is 10.1. The summed E-state index contributed by atoms with van der Waals surface area (Å²) in [5.74, 6) is 0. The second-order valence-corrected chi connectivity index (χ2v) is 13.7. The van der Waals surface area contributed by atoms with Gasteiger partial charge in [0.25, 0.3) is 20.1 Å². The van der Waals surface area contributed by atoms with Crippen LogP contribution in [0.4, 0.5) is 5.69 Å². The molecule has 0 saturated carbocycles. The number of rotatable bonds is 13. The Morgan fingerprint density at radius 2 is 1.55 bits per heavy atom. The van der Waals surface area contributed by atoms with Crippen molar-refractivity contribution >= 4 is 57.3 Å². The lowest BCUT2D eigenvalue weighted by Gasteiger charge is -2.21. The van der Waals surface area contributed by atoms with Gasteiger partial charge in [-0.15, -0.1) is 11.3 Å².